The third-order valence-electron chi connectivity index (χ3n) is 5.47. The van der Waals surface area contributed by atoms with Crippen LogP contribution in [0.4, 0.5) is 4.79 Å². The van der Waals surface area contributed by atoms with Crippen LogP contribution in [0.25, 0.3) is 0 Å². The number of carbonyl (C=O) groups is 1. The number of ether oxygens (including phenoxy) is 1. The molecular formula is C19H28ClNO4. The second-order valence-electron chi connectivity index (χ2n) is 8.43. The summed E-state index contributed by atoms with van der Waals surface area (Å²) in [5.41, 5.74) is -1.57. The van der Waals surface area contributed by atoms with Crippen molar-refractivity contribution in [2.75, 3.05) is 13.7 Å². The van der Waals surface area contributed by atoms with Gasteiger partial charge in [0.1, 0.15) is 5.75 Å². The monoisotopic (exact) mass is 369 g/mol. The number of rotatable bonds is 2. The van der Waals surface area contributed by atoms with Gasteiger partial charge in [0.15, 0.2) is 0 Å². The number of halogens is 1. The summed E-state index contributed by atoms with van der Waals surface area (Å²) >= 11 is 6.13. The summed E-state index contributed by atoms with van der Waals surface area (Å²) in [6, 6.07) is 4.89. The predicted molar refractivity (Wildman–Crippen MR) is 98.3 cm³/mol. The van der Waals surface area contributed by atoms with Crippen LogP contribution in [-0.2, 0) is 5.60 Å². The average molecular weight is 370 g/mol. The molecule has 2 unspecified atom stereocenters. The van der Waals surface area contributed by atoms with Gasteiger partial charge in [-0.3, -0.25) is 0 Å². The lowest BCUT2D eigenvalue weighted by Gasteiger charge is -2.59. The molecule has 1 aliphatic heterocycles. The van der Waals surface area contributed by atoms with Crippen LogP contribution in [0.15, 0.2) is 18.2 Å². The summed E-state index contributed by atoms with van der Waals surface area (Å²) in [5.74, 6) is 0.497. The molecule has 1 aliphatic rings. The number of methoxy groups -OCH3 is 1. The number of carboxylic acid groups (broad SMARTS) is 1. The maximum Gasteiger partial charge on any atom is 0.407 e. The molecule has 1 fully saturated rings. The molecule has 0 aromatic heterocycles. The minimum Gasteiger partial charge on any atom is -0.495 e. The third-order valence-corrected chi connectivity index (χ3v) is 5.78. The molecule has 0 bridgehead atoms. The lowest BCUT2D eigenvalue weighted by molar-refractivity contribution is -0.170. The normalized spacial score (nSPS) is 26.4. The topological polar surface area (TPSA) is 70.0 Å². The Labute approximate surface area is 154 Å². The van der Waals surface area contributed by atoms with Gasteiger partial charge in [-0.1, -0.05) is 52.3 Å². The lowest BCUT2D eigenvalue weighted by atomic mass is 9.57. The molecule has 140 valence electrons. The Morgan fingerprint density at radius 1 is 1.36 bits per heavy atom. The summed E-state index contributed by atoms with van der Waals surface area (Å²) in [4.78, 5) is 13.3. The molecule has 2 rings (SSSR count). The third kappa shape index (κ3) is 3.20. The first kappa shape index (κ1) is 19.9. The van der Waals surface area contributed by atoms with Crippen LogP contribution in [0.3, 0.4) is 0 Å². The zero-order valence-corrected chi connectivity index (χ0v) is 16.5. The quantitative estimate of drug-likeness (QED) is 0.812. The number of hydrogen-bond acceptors (Lipinski definition) is 3. The van der Waals surface area contributed by atoms with Crippen LogP contribution in [0.5, 0.6) is 5.75 Å². The number of amides is 1. The average Bonchev–Trinajstić information content (AvgIpc) is 2.48. The maximum atomic E-state index is 11.8. The van der Waals surface area contributed by atoms with E-state index in [1.165, 1.54) is 12.0 Å². The number of piperidine rings is 1. The maximum absolute atomic E-state index is 11.8. The highest BCUT2D eigenvalue weighted by molar-refractivity contribution is 6.32. The molecule has 6 heteroatoms. The Balaban J connectivity index is 2.60. The Kier molecular flexibility index (Phi) is 5.05. The first-order valence-electron chi connectivity index (χ1n) is 8.42. The van der Waals surface area contributed by atoms with Crippen molar-refractivity contribution in [2.45, 2.75) is 52.7 Å². The summed E-state index contributed by atoms with van der Waals surface area (Å²) < 4.78 is 5.30. The summed E-state index contributed by atoms with van der Waals surface area (Å²) in [5, 5.41) is 21.8. The van der Waals surface area contributed by atoms with Gasteiger partial charge in [-0.05, 0) is 29.5 Å². The summed E-state index contributed by atoms with van der Waals surface area (Å²) in [6.45, 7) is 10.1. The van der Waals surface area contributed by atoms with Crippen molar-refractivity contribution in [3.8, 4) is 5.75 Å². The number of benzene rings is 1. The zero-order valence-electron chi connectivity index (χ0n) is 15.8. The molecular weight excluding hydrogens is 342 g/mol. The molecule has 1 saturated heterocycles. The molecule has 2 N–H and O–H groups in total. The fourth-order valence-electron chi connectivity index (χ4n) is 4.54. The van der Waals surface area contributed by atoms with Gasteiger partial charge in [-0.2, -0.15) is 0 Å². The van der Waals surface area contributed by atoms with Crippen molar-refractivity contribution in [3.63, 3.8) is 0 Å². The second kappa shape index (κ2) is 6.36. The Bertz CT molecular complexity index is 668. The molecule has 1 heterocycles. The Hall–Kier alpha value is -1.46. The molecule has 1 aromatic rings. The fourth-order valence-corrected chi connectivity index (χ4v) is 4.73. The minimum absolute atomic E-state index is 0.266. The van der Waals surface area contributed by atoms with Gasteiger partial charge >= 0.3 is 6.09 Å². The van der Waals surface area contributed by atoms with Crippen molar-refractivity contribution in [1.82, 2.24) is 4.90 Å². The van der Waals surface area contributed by atoms with E-state index < -0.39 is 17.1 Å². The van der Waals surface area contributed by atoms with E-state index in [-0.39, 0.29) is 18.0 Å². The van der Waals surface area contributed by atoms with E-state index in [9.17, 15) is 15.0 Å². The van der Waals surface area contributed by atoms with Gasteiger partial charge in [-0.15, -0.1) is 0 Å². The molecule has 0 aliphatic carbocycles. The van der Waals surface area contributed by atoms with Gasteiger partial charge < -0.3 is 19.8 Å². The largest absolute Gasteiger partial charge is 0.495 e. The van der Waals surface area contributed by atoms with Crippen LogP contribution in [0.2, 0.25) is 5.02 Å². The van der Waals surface area contributed by atoms with Gasteiger partial charge in [0.25, 0.3) is 0 Å². The zero-order chi connectivity index (χ0) is 19.2. The van der Waals surface area contributed by atoms with Crippen LogP contribution in [-0.4, -0.2) is 40.9 Å². The summed E-state index contributed by atoms with van der Waals surface area (Å²) in [7, 11) is 1.53. The van der Waals surface area contributed by atoms with Crippen molar-refractivity contribution in [2.24, 2.45) is 10.8 Å². The van der Waals surface area contributed by atoms with Crippen LogP contribution < -0.4 is 4.74 Å². The minimum atomic E-state index is -1.20. The second-order valence-corrected chi connectivity index (χ2v) is 8.83. The van der Waals surface area contributed by atoms with Gasteiger partial charge in [-0.25, -0.2) is 4.79 Å². The number of hydrogen-bond donors (Lipinski definition) is 2. The van der Waals surface area contributed by atoms with Crippen molar-refractivity contribution in [1.29, 1.82) is 0 Å². The Morgan fingerprint density at radius 3 is 2.44 bits per heavy atom. The first-order chi connectivity index (χ1) is 11.4. The van der Waals surface area contributed by atoms with Crippen LogP contribution >= 0.6 is 11.6 Å². The highest BCUT2D eigenvalue weighted by atomic mass is 35.5. The molecule has 5 nitrogen and oxygen atoms in total. The Morgan fingerprint density at radius 2 is 1.96 bits per heavy atom. The van der Waals surface area contributed by atoms with E-state index >= 15 is 0 Å². The van der Waals surface area contributed by atoms with Gasteiger partial charge in [0.05, 0.1) is 17.7 Å². The van der Waals surface area contributed by atoms with Crippen molar-refractivity contribution >= 4 is 17.7 Å². The van der Waals surface area contributed by atoms with E-state index in [1.807, 2.05) is 34.6 Å². The SMILES string of the molecule is COc1cc(C2(O)CCN(C(=O)O)C(C(C)(C)C)C2(C)C)ccc1Cl. The highest BCUT2D eigenvalue weighted by Crippen LogP contribution is 2.54. The number of aliphatic hydroxyl groups is 1. The van der Waals surface area contributed by atoms with E-state index in [1.54, 1.807) is 18.2 Å². The molecule has 0 spiro atoms. The molecule has 25 heavy (non-hydrogen) atoms. The smallest absolute Gasteiger partial charge is 0.407 e. The van der Waals surface area contributed by atoms with Crippen molar-refractivity contribution in [3.05, 3.63) is 28.8 Å². The van der Waals surface area contributed by atoms with Crippen molar-refractivity contribution < 1.29 is 19.7 Å². The van der Waals surface area contributed by atoms with Gasteiger partial charge in [0, 0.05) is 18.0 Å². The van der Waals surface area contributed by atoms with E-state index in [4.69, 9.17) is 16.3 Å². The molecule has 0 saturated carbocycles. The van der Waals surface area contributed by atoms with E-state index in [0.29, 0.717) is 22.8 Å². The lowest BCUT2D eigenvalue weighted by Crippen LogP contribution is -2.66. The van der Waals surface area contributed by atoms with Crippen LogP contribution in [0, 0.1) is 10.8 Å². The van der Waals surface area contributed by atoms with Crippen LogP contribution in [0.1, 0.15) is 46.6 Å². The first-order valence-corrected chi connectivity index (χ1v) is 8.80. The standard InChI is InChI=1S/C19H28ClNO4/c1-17(2,3)15-18(4,5)19(24,9-10-21(15)16(22)23)12-7-8-13(20)14(11-12)25-6/h7-8,11,15,24H,9-10H2,1-6H3,(H,22,23). The van der Waals surface area contributed by atoms with E-state index in [0.717, 1.165) is 0 Å². The number of likely N-dealkylation sites (tertiary alicyclic amines) is 1. The predicted octanol–water partition coefficient (Wildman–Crippen LogP) is 4.36. The number of nitrogens with zero attached hydrogens (tertiary/aromatic N) is 1. The fraction of sp³-hybridized carbons (Fsp3) is 0.632. The molecule has 2 atom stereocenters. The molecule has 0 radical (unpaired) electrons. The van der Waals surface area contributed by atoms with Gasteiger partial charge in [0.2, 0.25) is 0 Å². The molecule has 1 aromatic carbocycles. The highest BCUT2D eigenvalue weighted by Gasteiger charge is 2.58. The van der Waals surface area contributed by atoms with E-state index in [2.05, 4.69) is 0 Å². The molecule has 1 amide bonds. The summed E-state index contributed by atoms with van der Waals surface area (Å²) in [6.07, 6.45) is -0.646.